The van der Waals surface area contributed by atoms with Gasteiger partial charge in [0.1, 0.15) is 0 Å². The Kier molecular flexibility index (Phi) is 156. The van der Waals surface area contributed by atoms with Gasteiger partial charge in [0, 0.05) is 120 Å². The van der Waals surface area contributed by atoms with Crippen molar-refractivity contribution in [3.8, 4) is 0 Å². The van der Waals surface area contributed by atoms with Crippen molar-refractivity contribution in [2.75, 3.05) is 52.4 Å². The molecule has 0 spiro atoms. The van der Waals surface area contributed by atoms with Gasteiger partial charge in [0.15, 0.2) is 0 Å². The number of hydrogen-bond acceptors (Lipinski definition) is 26. The fourth-order valence-corrected chi connectivity index (χ4v) is 1.43. The smallest absolute Gasteiger partial charge is 0.549 e. The predicted octanol–water partition coefficient (Wildman–Crippen LogP) is -19.5. The first-order valence-corrected chi connectivity index (χ1v) is 17.3. The number of hydrogen-bond donors (Lipinski definition) is 15. The maximum absolute atomic E-state index is 9.99. The molecule has 0 heterocycles. The Morgan fingerprint density at radius 3 is 0.405 bits per heavy atom. The summed E-state index contributed by atoms with van der Waals surface area (Å²) >= 11 is 0. The molecule has 2 atom stereocenters. The topological polar surface area (TPSA) is 759 Å². The number of carboxylic acid groups (broad SMARTS) is 14. The fraction of sp³-hybridized carbons (Fsp3) is 0.588. The van der Waals surface area contributed by atoms with Crippen LogP contribution in [0.15, 0.2) is 0 Å². The first kappa shape index (κ1) is 123. The van der Waals surface area contributed by atoms with Gasteiger partial charge in [-0.1, -0.05) is 0 Å². The summed E-state index contributed by atoms with van der Waals surface area (Å²) in [6.45, 7) is 8.85. The van der Waals surface area contributed by atoms with Crippen molar-refractivity contribution >= 4 is 83.6 Å². The number of nitrogens with zero attached hydrogens (tertiary/aromatic N) is 2. The van der Waals surface area contributed by atoms with Crippen LogP contribution in [0.2, 0.25) is 0 Å². The first-order valence-electron chi connectivity index (χ1n) is 17.3. The van der Waals surface area contributed by atoms with E-state index in [1.54, 1.807) is 0 Å². The zero-order valence-electron chi connectivity index (χ0n) is 44.8. The van der Waals surface area contributed by atoms with Crippen molar-refractivity contribution in [2.24, 2.45) is 22.9 Å². The van der Waals surface area contributed by atoms with E-state index < -0.39 is 123 Å². The van der Waals surface area contributed by atoms with Crippen LogP contribution in [0.5, 0.6) is 0 Å². The summed E-state index contributed by atoms with van der Waals surface area (Å²) in [7, 11) is 0. The molecule has 0 fully saturated rings. The van der Waals surface area contributed by atoms with Crippen molar-refractivity contribution in [1.82, 2.24) is 28.3 Å². The predicted molar refractivity (Wildman–Crippen MR) is 233 cm³/mol. The third-order valence-electron chi connectivity index (χ3n) is 2.86. The van der Waals surface area contributed by atoms with Crippen molar-refractivity contribution in [3.05, 3.63) is 0 Å². The Labute approximate surface area is 492 Å². The summed E-state index contributed by atoms with van der Waals surface area (Å²) in [4.78, 5) is 133. The number of quaternary nitrogens is 3. The van der Waals surface area contributed by atoms with E-state index in [9.17, 15) is 59.4 Å². The Bertz CT molecular complexity index is 1140. The molecule has 0 radical (unpaired) electrons. The third kappa shape index (κ3) is 547. The standard InChI is InChI=1S/2C6H9NO6.2C3H10N2.8C2H4O2.3H3N.3Na/c2*8-4(9)1-7(2-5(10)11)3-6(12)13;2*1-3(5)2-4;8*1-2(3)4;;;;;;/h2*1-3H2,(H,8,9)(H,10,11)(H,12,13);2*3H,2,4-5H2,1H3;8*1H3,(H,3,4);3*1H3;;;/q;;;;;;;;;;;;;;;3*+1/p-3. The first-order chi connectivity index (χ1) is 30.2. The van der Waals surface area contributed by atoms with Crippen molar-refractivity contribution in [1.29, 1.82) is 0 Å². The summed E-state index contributed by atoms with van der Waals surface area (Å²) in [6, 6.07) is 0.324. The average molecular weight is 1130 g/mol. The molecule has 0 aromatic rings. The summed E-state index contributed by atoms with van der Waals surface area (Å²) in [5.41, 5.74) is 20.4. The van der Waals surface area contributed by atoms with Crippen molar-refractivity contribution in [2.45, 2.75) is 81.3 Å². The van der Waals surface area contributed by atoms with Crippen LogP contribution in [0.1, 0.15) is 69.2 Å². The zero-order chi connectivity index (χ0) is 58.0. The van der Waals surface area contributed by atoms with Crippen molar-refractivity contribution in [3.63, 3.8) is 0 Å². The summed E-state index contributed by atoms with van der Waals surface area (Å²) in [5.74, 6) is -16.1. The molecular weight excluding hydrogens is 1050 g/mol. The number of nitrogens with two attached hydrogens (primary N) is 4. The SMILES string of the molecule is CC(=O)O.CC(=O)O.CC(=O)O.CC(=O)O.CC(=O)O.CC(=O)O.CC(=O)O.CC(=O)O.CC(N)CN.CC(N)CN.O=C([O-])CN(CC(=O)[O-])CC(=O)[O-].O=C([O-])CN(CC(=O)[O-])CC(=O)[O-].[NH4+].[NH4+].[NH4+].[Na+].[Na+].[Na+]. The third-order valence-corrected chi connectivity index (χ3v) is 2.86. The van der Waals surface area contributed by atoms with Crippen LogP contribution in [-0.2, 0) is 67.1 Å². The molecule has 0 aromatic carbocycles. The van der Waals surface area contributed by atoms with Gasteiger partial charge in [0.25, 0.3) is 47.8 Å². The molecule has 0 saturated heterocycles. The van der Waals surface area contributed by atoms with Gasteiger partial charge in [-0.15, -0.1) is 0 Å². The Morgan fingerprint density at radius 1 is 0.324 bits per heavy atom. The number of aliphatic carboxylic acids is 14. The molecule has 2 unspecified atom stereocenters. The van der Waals surface area contributed by atoms with Crippen molar-refractivity contribution < 1.29 is 227 Å². The van der Waals surface area contributed by atoms with Crippen LogP contribution in [0.4, 0.5) is 0 Å². The molecule has 0 amide bonds. The molecule has 0 saturated carbocycles. The summed E-state index contributed by atoms with van der Waals surface area (Å²) < 4.78 is 0. The van der Waals surface area contributed by atoms with Gasteiger partial charge in [-0.2, -0.15) is 0 Å². The van der Waals surface area contributed by atoms with E-state index in [0.29, 0.717) is 22.9 Å². The van der Waals surface area contributed by atoms with E-state index in [1.165, 1.54) is 0 Å². The molecule has 0 aliphatic heterocycles. The monoisotopic (exact) mass is 1130 g/mol. The largest absolute Gasteiger partial charge is 1.00 e. The van der Waals surface area contributed by atoms with Crippen LogP contribution in [0, 0.1) is 0 Å². The van der Waals surface area contributed by atoms with Gasteiger partial charge in [-0.3, -0.25) is 48.2 Å². The maximum atomic E-state index is 9.99. The van der Waals surface area contributed by atoms with Crippen LogP contribution in [-0.4, -0.2) is 199 Å². The molecule has 428 valence electrons. The average Bonchev–Trinajstić information content (AvgIpc) is 3.01. The van der Waals surface area contributed by atoms with Crippen LogP contribution >= 0.6 is 0 Å². The molecular formula is C34H76N9Na3O28. The summed E-state index contributed by atoms with van der Waals surface area (Å²) in [5, 5.41) is 119. The van der Waals surface area contributed by atoms with E-state index in [-0.39, 0.29) is 119 Å². The minimum absolute atomic E-state index is 0. The van der Waals surface area contributed by atoms with Crippen LogP contribution in [0.3, 0.4) is 0 Å². The molecule has 0 rings (SSSR count). The van der Waals surface area contributed by atoms with Gasteiger partial charge < -0.3 is 142 Å². The van der Waals surface area contributed by atoms with E-state index in [0.717, 1.165) is 55.4 Å². The molecule has 0 aromatic heterocycles. The minimum atomic E-state index is -1.57. The van der Waals surface area contributed by atoms with E-state index >= 15 is 0 Å². The van der Waals surface area contributed by atoms with E-state index in [1.807, 2.05) is 13.8 Å². The Morgan fingerprint density at radius 2 is 0.378 bits per heavy atom. The second-order valence-corrected chi connectivity index (χ2v) is 11.1. The summed E-state index contributed by atoms with van der Waals surface area (Å²) in [6.07, 6.45) is 0. The molecule has 37 nitrogen and oxygen atoms in total. The Hall–Kier alpha value is -4.78. The molecule has 40 heteroatoms. The second kappa shape index (κ2) is 94.1. The number of carbonyl (C=O) groups excluding carboxylic acids is 6. The van der Waals surface area contributed by atoms with Gasteiger partial charge >= 0.3 is 88.7 Å². The van der Waals surface area contributed by atoms with E-state index in [2.05, 4.69) is 0 Å². The quantitative estimate of drug-likeness (QED) is 0.0718. The molecule has 74 heavy (non-hydrogen) atoms. The molecule has 0 aliphatic rings. The number of rotatable bonds is 14. The molecule has 0 aliphatic carbocycles. The molecule has 28 N–H and O–H groups in total. The fourth-order valence-electron chi connectivity index (χ4n) is 1.43. The second-order valence-electron chi connectivity index (χ2n) is 11.1. The maximum Gasteiger partial charge on any atom is 1.00 e. The minimum Gasteiger partial charge on any atom is -0.549 e. The van der Waals surface area contributed by atoms with Gasteiger partial charge in [-0.25, -0.2) is 0 Å². The number of carbonyl (C=O) groups is 14. The van der Waals surface area contributed by atoms with Crippen LogP contribution < -0.4 is 161 Å². The normalized spacial score (nSPS) is 8.22. The number of carboxylic acids is 14. The van der Waals surface area contributed by atoms with E-state index in [4.69, 9.17) is 102 Å². The zero-order valence-corrected chi connectivity index (χ0v) is 50.8. The Balaban J connectivity index is -0.0000000298. The van der Waals surface area contributed by atoms with Crippen LogP contribution in [0.25, 0.3) is 0 Å². The molecule has 0 bridgehead atoms. The van der Waals surface area contributed by atoms with Gasteiger partial charge in [0.2, 0.25) is 0 Å². The van der Waals surface area contributed by atoms with Gasteiger partial charge in [-0.05, 0) is 13.8 Å². The van der Waals surface area contributed by atoms with Gasteiger partial charge in [0.05, 0.1) is 35.8 Å².